The zero-order valence-corrected chi connectivity index (χ0v) is 10.4. The molecule has 4 nitrogen and oxygen atoms in total. The third-order valence-electron chi connectivity index (χ3n) is 1.49. The molecule has 5 heteroatoms. The summed E-state index contributed by atoms with van der Waals surface area (Å²) in [5.41, 5.74) is -0.467. The molecule has 0 aliphatic rings. The number of carbonyl (C=O) groups excluding carboxylic acids is 2. The summed E-state index contributed by atoms with van der Waals surface area (Å²) in [6.07, 6.45) is 1.52. The lowest BCUT2D eigenvalue weighted by atomic mass is 10.2. The van der Waals surface area contributed by atoms with Gasteiger partial charge >= 0.3 is 6.09 Å². The van der Waals surface area contributed by atoms with Crippen LogP contribution in [0.2, 0.25) is 0 Å². The highest BCUT2D eigenvalue weighted by atomic mass is 32.1. The van der Waals surface area contributed by atoms with Crippen LogP contribution in [0.4, 0.5) is 4.79 Å². The van der Waals surface area contributed by atoms with Gasteiger partial charge in [0.1, 0.15) is 5.60 Å². The molecule has 0 unspecified atom stereocenters. The Hall–Kier alpha value is -0.710. The Morgan fingerprint density at radius 1 is 1.27 bits per heavy atom. The minimum atomic E-state index is -0.467. The van der Waals surface area contributed by atoms with Gasteiger partial charge in [-0.15, -0.1) is 12.6 Å². The number of hydrogen-bond donors (Lipinski definition) is 2. The molecule has 1 amide bonds. The van der Waals surface area contributed by atoms with Crippen molar-refractivity contribution in [3.05, 3.63) is 0 Å². The van der Waals surface area contributed by atoms with Gasteiger partial charge in [0.25, 0.3) is 0 Å². The van der Waals surface area contributed by atoms with Crippen molar-refractivity contribution in [2.24, 2.45) is 0 Å². The van der Waals surface area contributed by atoms with Crippen molar-refractivity contribution in [2.75, 3.05) is 6.54 Å². The summed E-state index contributed by atoms with van der Waals surface area (Å²) in [7, 11) is 0. The first-order valence-electron chi connectivity index (χ1n) is 5.00. The first-order valence-corrected chi connectivity index (χ1v) is 5.44. The lowest BCUT2D eigenvalue weighted by molar-refractivity contribution is -0.110. The van der Waals surface area contributed by atoms with Crippen LogP contribution in [0.5, 0.6) is 0 Å². The number of ether oxygens (including phenoxy) is 1. The van der Waals surface area contributed by atoms with E-state index in [0.29, 0.717) is 13.0 Å². The van der Waals surface area contributed by atoms with Crippen molar-refractivity contribution in [2.45, 2.75) is 45.6 Å². The third kappa shape index (κ3) is 11.2. The molecule has 0 aliphatic heterocycles. The molecule has 15 heavy (non-hydrogen) atoms. The number of alkyl carbamates (subject to hydrolysis) is 1. The van der Waals surface area contributed by atoms with Gasteiger partial charge in [0.05, 0.1) is 0 Å². The Labute approximate surface area is 96.2 Å². The standard InChI is InChI=1S/C10H19NO3S/c1-10(2,3)14-9(13)11-7-5-4-6-8(12)15/h4-7H2,1-3H3,(H,11,13)(H,12,15). The summed E-state index contributed by atoms with van der Waals surface area (Å²) < 4.78 is 5.03. The number of hydrogen-bond acceptors (Lipinski definition) is 3. The normalized spacial score (nSPS) is 10.9. The fourth-order valence-corrected chi connectivity index (χ4v) is 1.06. The molecule has 1 N–H and O–H groups in total. The zero-order chi connectivity index (χ0) is 11.9. The fraction of sp³-hybridized carbons (Fsp3) is 0.800. The number of unbranched alkanes of at least 4 members (excludes halogenated alkanes) is 1. The molecule has 0 heterocycles. The smallest absolute Gasteiger partial charge is 0.407 e. The van der Waals surface area contributed by atoms with Crippen molar-refractivity contribution >= 4 is 23.8 Å². The van der Waals surface area contributed by atoms with Crippen LogP contribution in [0.15, 0.2) is 0 Å². The Kier molecular flexibility index (Phi) is 6.40. The third-order valence-corrected chi connectivity index (χ3v) is 1.71. The van der Waals surface area contributed by atoms with E-state index < -0.39 is 11.7 Å². The molecule has 0 aromatic rings. The van der Waals surface area contributed by atoms with Crippen LogP contribution in [0.1, 0.15) is 40.0 Å². The molecule has 0 radical (unpaired) electrons. The summed E-state index contributed by atoms with van der Waals surface area (Å²) in [5.74, 6) is 0. The molecule has 0 saturated heterocycles. The van der Waals surface area contributed by atoms with Crippen LogP contribution in [0, 0.1) is 0 Å². The lowest BCUT2D eigenvalue weighted by Crippen LogP contribution is -2.33. The Morgan fingerprint density at radius 3 is 2.33 bits per heavy atom. The van der Waals surface area contributed by atoms with Gasteiger partial charge in [0.2, 0.25) is 0 Å². The van der Waals surface area contributed by atoms with Crippen LogP contribution in [-0.2, 0) is 9.53 Å². The van der Waals surface area contributed by atoms with Crippen molar-refractivity contribution < 1.29 is 14.3 Å². The number of carbonyl (C=O) groups is 2. The lowest BCUT2D eigenvalue weighted by Gasteiger charge is -2.19. The minimum absolute atomic E-state index is 0.118. The summed E-state index contributed by atoms with van der Waals surface area (Å²) in [6, 6.07) is 0. The predicted molar refractivity (Wildman–Crippen MR) is 62.1 cm³/mol. The molecular formula is C10H19NO3S. The van der Waals surface area contributed by atoms with Crippen molar-refractivity contribution in [3.63, 3.8) is 0 Å². The molecule has 0 saturated carbocycles. The van der Waals surface area contributed by atoms with Crippen molar-refractivity contribution in [1.82, 2.24) is 5.32 Å². The van der Waals surface area contributed by atoms with Gasteiger partial charge in [0.15, 0.2) is 5.12 Å². The Morgan fingerprint density at radius 2 is 1.87 bits per heavy atom. The minimum Gasteiger partial charge on any atom is -0.444 e. The number of nitrogens with one attached hydrogen (secondary N) is 1. The van der Waals surface area contributed by atoms with Crippen LogP contribution < -0.4 is 5.32 Å². The quantitative estimate of drug-likeness (QED) is 0.565. The van der Waals surface area contributed by atoms with Crippen molar-refractivity contribution in [3.8, 4) is 0 Å². The number of amides is 1. The van der Waals surface area contributed by atoms with E-state index in [-0.39, 0.29) is 5.12 Å². The van der Waals surface area contributed by atoms with E-state index in [4.69, 9.17) is 4.74 Å². The average molecular weight is 233 g/mol. The molecule has 0 aromatic heterocycles. The molecule has 0 aliphatic carbocycles. The Bertz CT molecular complexity index is 223. The maximum atomic E-state index is 11.1. The summed E-state index contributed by atoms with van der Waals surface area (Å²) in [4.78, 5) is 21.6. The van der Waals surface area contributed by atoms with Crippen LogP contribution in [0.25, 0.3) is 0 Å². The van der Waals surface area contributed by atoms with E-state index >= 15 is 0 Å². The first-order chi connectivity index (χ1) is 6.81. The molecular weight excluding hydrogens is 214 g/mol. The molecule has 88 valence electrons. The van der Waals surface area contributed by atoms with E-state index in [9.17, 15) is 9.59 Å². The van der Waals surface area contributed by atoms with E-state index in [1.54, 1.807) is 0 Å². The van der Waals surface area contributed by atoms with Gasteiger partial charge < -0.3 is 10.1 Å². The maximum Gasteiger partial charge on any atom is 0.407 e. The van der Waals surface area contributed by atoms with Crippen LogP contribution in [0.3, 0.4) is 0 Å². The van der Waals surface area contributed by atoms with Gasteiger partial charge in [-0.25, -0.2) is 4.79 Å². The molecule has 0 bridgehead atoms. The second-order valence-electron chi connectivity index (χ2n) is 4.28. The summed E-state index contributed by atoms with van der Waals surface area (Å²) in [6.45, 7) is 5.96. The second kappa shape index (κ2) is 6.71. The summed E-state index contributed by atoms with van der Waals surface area (Å²) in [5, 5.41) is 2.50. The first kappa shape index (κ1) is 14.3. The van der Waals surface area contributed by atoms with E-state index in [2.05, 4.69) is 17.9 Å². The number of thiol groups is 1. The van der Waals surface area contributed by atoms with Gasteiger partial charge in [-0.05, 0) is 33.6 Å². The highest BCUT2D eigenvalue weighted by Crippen LogP contribution is 2.06. The molecule has 0 atom stereocenters. The van der Waals surface area contributed by atoms with E-state index in [0.717, 1.165) is 12.8 Å². The van der Waals surface area contributed by atoms with Gasteiger partial charge in [0, 0.05) is 13.0 Å². The highest BCUT2D eigenvalue weighted by Gasteiger charge is 2.15. The van der Waals surface area contributed by atoms with Crippen LogP contribution in [-0.4, -0.2) is 23.4 Å². The Balaban J connectivity index is 3.44. The van der Waals surface area contributed by atoms with Gasteiger partial charge in [-0.2, -0.15) is 0 Å². The van der Waals surface area contributed by atoms with Crippen LogP contribution >= 0.6 is 12.6 Å². The zero-order valence-electron chi connectivity index (χ0n) is 9.50. The SMILES string of the molecule is CC(C)(C)OC(=O)NCCCCC(=O)S. The predicted octanol–water partition coefficient (Wildman–Crippen LogP) is 2.14. The molecule has 0 aromatic carbocycles. The topological polar surface area (TPSA) is 55.4 Å². The van der Waals surface area contributed by atoms with Gasteiger partial charge in [-0.1, -0.05) is 0 Å². The van der Waals surface area contributed by atoms with E-state index in [1.807, 2.05) is 20.8 Å². The number of rotatable bonds is 5. The second-order valence-corrected chi connectivity index (χ2v) is 4.78. The monoisotopic (exact) mass is 233 g/mol. The van der Waals surface area contributed by atoms with Gasteiger partial charge in [-0.3, -0.25) is 4.79 Å². The summed E-state index contributed by atoms with van der Waals surface area (Å²) >= 11 is 3.65. The molecule has 0 fully saturated rings. The fourth-order valence-electron chi connectivity index (χ4n) is 0.906. The average Bonchev–Trinajstić information content (AvgIpc) is 1.99. The molecule has 0 spiro atoms. The largest absolute Gasteiger partial charge is 0.444 e. The molecule has 0 rings (SSSR count). The maximum absolute atomic E-state index is 11.1. The van der Waals surface area contributed by atoms with E-state index in [1.165, 1.54) is 0 Å². The highest BCUT2D eigenvalue weighted by molar-refractivity contribution is 7.96. The van der Waals surface area contributed by atoms with Crippen molar-refractivity contribution in [1.29, 1.82) is 0 Å².